The molecule has 1 fully saturated rings. The van der Waals surface area contributed by atoms with E-state index < -0.39 is 0 Å². The largest absolute Gasteiger partial charge is 0.368 e. The second kappa shape index (κ2) is 10.9. The Balaban J connectivity index is 0.00000261. The maximum absolute atomic E-state index is 13.1. The highest BCUT2D eigenvalue weighted by atomic mass is 127. The molecule has 9 heteroatoms. The van der Waals surface area contributed by atoms with Gasteiger partial charge in [-0.05, 0) is 24.3 Å². The summed E-state index contributed by atoms with van der Waals surface area (Å²) in [5.41, 5.74) is 1.06. The van der Waals surface area contributed by atoms with Gasteiger partial charge >= 0.3 is 0 Å². The molecule has 7 nitrogen and oxygen atoms in total. The van der Waals surface area contributed by atoms with E-state index in [1.165, 1.54) is 12.1 Å². The average molecular weight is 485 g/mol. The minimum Gasteiger partial charge on any atom is -0.368 e. The van der Waals surface area contributed by atoms with Crippen molar-refractivity contribution in [1.29, 1.82) is 0 Å². The summed E-state index contributed by atoms with van der Waals surface area (Å²) >= 11 is 0. The van der Waals surface area contributed by atoms with Gasteiger partial charge in [-0.2, -0.15) is 0 Å². The molecule has 2 heterocycles. The number of guanidine groups is 1. The first-order chi connectivity index (χ1) is 12.8. The maximum atomic E-state index is 13.1. The van der Waals surface area contributed by atoms with Crippen LogP contribution in [0.1, 0.15) is 0 Å². The van der Waals surface area contributed by atoms with E-state index in [1.54, 1.807) is 25.6 Å². The first-order valence-electron chi connectivity index (χ1n) is 8.72. The molecule has 0 saturated carbocycles. The van der Waals surface area contributed by atoms with Crippen LogP contribution >= 0.6 is 24.0 Å². The third kappa shape index (κ3) is 6.19. The highest BCUT2D eigenvalue weighted by Crippen LogP contribution is 2.16. The molecule has 1 aromatic carbocycles. The van der Waals surface area contributed by atoms with Crippen molar-refractivity contribution in [3.63, 3.8) is 0 Å². The van der Waals surface area contributed by atoms with E-state index in [-0.39, 0.29) is 29.8 Å². The molecule has 1 aliphatic rings. The summed E-state index contributed by atoms with van der Waals surface area (Å²) in [6.07, 6.45) is 5.01. The summed E-state index contributed by atoms with van der Waals surface area (Å²) in [6.45, 7) is 4.96. The van der Waals surface area contributed by atoms with Crippen LogP contribution in [0.15, 0.2) is 47.8 Å². The van der Waals surface area contributed by atoms with Crippen LogP contribution in [-0.4, -0.2) is 67.1 Å². The third-order valence-corrected chi connectivity index (χ3v) is 4.26. The van der Waals surface area contributed by atoms with Crippen LogP contribution in [0.25, 0.3) is 0 Å². The van der Waals surface area contributed by atoms with E-state index in [0.29, 0.717) is 0 Å². The normalized spacial score (nSPS) is 14.5. The van der Waals surface area contributed by atoms with Gasteiger partial charge in [0.25, 0.3) is 0 Å². The van der Waals surface area contributed by atoms with E-state index >= 15 is 0 Å². The second-order valence-electron chi connectivity index (χ2n) is 5.94. The highest BCUT2D eigenvalue weighted by molar-refractivity contribution is 14.0. The fourth-order valence-electron chi connectivity index (χ4n) is 2.92. The topological polar surface area (TPSA) is 68.7 Å². The van der Waals surface area contributed by atoms with Crippen molar-refractivity contribution in [2.24, 2.45) is 4.99 Å². The van der Waals surface area contributed by atoms with Gasteiger partial charge in [0.1, 0.15) is 11.6 Å². The number of nitrogens with one attached hydrogen (secondary N) is 2. The number of anilines is 2. The zero-order chi connectivity index (χ0) is 18.2. The number of nitrogens with zero attached hydrogens (tertiary/aromatic N) is 5. The molecule has 0 bridgehead atoms. The molecule has 27 heavy (non-hydrogen) atoms. The Morgan fingerprint density at radius 3 is 2.48 bits per heavy atom. The first kappa shape index (κ1) is 21.1. The summed E-state index contributed by atoms with van der Waals surface area (Å²) < 4.78 is 13.1. The molecule has 0 radical (unpaired) electrons. The Bertz CT molecular complexity index is 703. The van der Waals surface area contributed by atoms with Crippen LogP contribution in [0.4, 0.5) is 15.9 Å². The summed E-state index contributed by atoms with van der Waals surface area (Å²) in [5, 5.41) is 6.58. The van der Waals surface area contributed by atoms with Gasteiger partial charge in [0.2, 0.25) is 0 Å². The summed E-state index contributed by atoms with van der Waals surface area (Å²) in [6, 6.07) is 6.67. The zero-order valence-corrected chi connectivity index (χ0v) is 17.6. The minimum atomic E-state index is -0.202. The van der Waals surface area contributed by atoms with Crippen molar-refractivity contribution in [3.05, 3.63) is 48.7 Å². The van der Waals surface area contributed by atoms with E-state index in [9.17, 15) is 4.39 Å². The molecule has 0 unspecified atom stereocenters. The lowest BCUT2D eigenvalue weighted by Crippen LogP contribution is -2.53. The van der Waals surface area contributed by atoms with Crippen LogP contribution in [0, 0.1) is 5.82 Å². The number of halogens is 2. The van der Waals surface area contributed by atoms with Crippen LogP contribution in [-0.2, 0) is 0 Å². The molecule has 146 valence electrons. The Hall–Kier alpha value is -2.17. The first-order valence-corrected chi connectivity index (χ1v) is 8.72. The van der Waals surface area contributed by atoms with Gasteiger partial charge < -0.3 is 20.4 Å². The second-order valence-corrected chi connectivity index (χ2v) is 5.94. The number of aliphatic imine (C=N–C) groups is 1. The van der Waals surface area contributed by atoms with Crippen LogP contribution in [0.3, 0.4) is 0 Å². The lowest BCUT2D eigenvalue weighted by molar-refractivity contribution is 0.373. The zero-order valence-electron chi connectivity index (χ0n) is 15.3. The number of hydrogen-bond acceptors (Lipinski definition) is 5. The highest BCUT2D eigenvalue weighted by Gasteiger charge is 2.19. The Morgan fingerprint density at radius 1 is 1.11 bits per heavy atom. The Labute approximate surface area is 176 Å². The van der Waals surface area contributed by atoms with Crippen molar-refractivity contribution in [2.75, 3.05) is 56.5 Å². The fraction of sp³-hybridized carbons (Fsp3) is 0.389. The summed E-state index contributed by atoms with van der Waals surface area (Å²) in [4.78, 5) is 17.1. The smallest absolute Gasteiger partial charge is 0.193 e. The minimum absolute atomic E-state index is 0. The Kier molecular flexibility index (Phi) is 8.49. The van der Waals surface area contributed by atoms with Crippen molar-refractivity contribution >= 4 is 41.4 Å². The van der Waals surface area contributed by atoms with Gasteiger partial charge in [-0.15, -0.1) is 24.0 Å². The molecule has 3 rings (SSSR count). The van der Waals surface area contributed by atoms with Crippen LogP contribution < -0.4 is 15.5 Å². The molecule has 2 aromatic rings. The molecular weight excluding hydrogens is 460 g/mol. The van der Waals surface area contributed by atoms with Crippen LogP contribution in [0.2, 0.25) is 0 Å². The van der Waals surface area contributed by atoms with E-state index in [0.717, 1.165) is 56.7 Å². The monoisotopic (exact) mass is 485 g/mol. The van der Waals surface area contributed by atoms with Crippen molar-refractivity contribution in [2.45, 2.75) is 0 Å². The van der Waals surface area contributed by atoms with E-state index in [2.05, 4.69) is 35.4 Å². The predicted molar refractivity (Wildman–Crippen MR) is 117 cm³/mol. The van der Waals surface area contributed by atoms with Gasteiger partial charge in [0.05, 0.1) is 6.20 Å². The maximum Gasteiger partial charge on any atom is 0.193 e. The van der Waals surface area contributed by atoms with Crippen molar-refractivity contribution in [1.82, 2.24) is 20.2 Å². The lowest BCUT2D eigenvalue weighted by atomic mass is 10.2. The quantitative estimate of drug-likeness (QED) is 0.293. The number of benzene rings is 1. The third-order valence-electron chi connectivity index (χ3n) is 4.26. The molecule has 0 spiro atoms. The molecule has 1 aliphatic heterocycles. The number of piperazine rings is 1. The van der Waals surface area contributed by atoms with Gasteiger partial charge in [0.15, 0.2) is 5.96 Å². The fourth-order valence-corrected chi connectivity index (χ4v) is 2.92. The van der Waals surface area contributed by atoms with Crippen molar-refractivity contribution < 1.29 is 4.39 Å². The number of hydrogen-bond donors (Lipinski definition) is 2. The standard InChI is InChI=1S/C18H24FN7.HI/c1-20-18(24-9-8-23-17-14-21-6-7-22-17)26-12-10-25(11-13-26)16-4-2-15(19)3-5-16;/h2-7,14H,8-13H2,1H3,(H,20,24)(H,22,23);1H. The lowest BCUT2D eigenvalue weighted by Gasteiger charge is -2.37. The molecule has 0 amide bonds. The molecule has 1 aromatic heterocycles. The average Bonchev–Trinajstić information content (AvgIpc) is 2.70. The van der Waals surface area contributed by atoms with Crippen LogP contribution in [0.5, 0.6) is 0 Å². The molecule has 0 atom stereocenters. The molecule has 1 saturated heterocycles. The molecule has 2 N–H and O–H groups in total. The van der Waals surface area contributed by atoms with Gasteiger partial charge in [-0.25, -0.2) is 9.37 Å². The number of rotatable bonds is 5. The predicted octanol–water partition coefficient (Wildman–Crippen LogP) is 2.04. The van der Waals surface area contributed by atoms with E-state index in [4.69, 9.17) is 0 Å². The van der Waals surface area contributed by atoms with Gasteiger partial charge in [0, 0.05) is 64.4 Å². The van der Waals surface area contributed by atoms with Crippen molar-refractivity contribution in [3.8, 4) is 0 Å². The summed E-state index contributed by atoms with van der Waals surface area (Å²) in [5.74, 6) is 1.45. The number of aromatic nitrogens is 2. The molecular formula is C18H25FIN7. The summed E-state index contributed by atoms with van der Waals surface area (Å²) in [7, 11) is 1.80. The molecule has 0 aliphatic carbocycles. The SMILES string of the molecule is CN=C(NCCNc1cnccn1)N1CCN(c2ccc(F)cc2)CC1.I. The van der Waals surface area contributed by atoms with Gasteiger partial charge in [-0.1, -0.05) is 0 Å². The van der Waals surface area contributed by atoms with Gasteiger partial charge in [-0.3, -0.25) is 9.98 Å². The van der Waals surface area contributed by atoms with E-state index in [1.807, 2.05) is 12.1 Å². The Morgan fingerprint density at radius 2 is 1.85 bits per heavy atom.